The maximum atomic E-state index is 12.5. The largest absolute Gasteiger partial charge is 0.472 e. The number of hydrogen-bond donors (Lipinski definition) is 1. The number of rotatable bonds is 5. The van der Waals surface area contributed by atoms with Crippen LogP contribution in [0.3, 0.4) is 0 Å². The average molecular weight is 311 g/mol. The Labute approximate surface area is 122 Å². The molecule has 2 N–H and O–H groups in total. The summed E-state index contributed by atoms with van der Waals surface area (Å²) in [7, 11) is -2.26. The fraction of sp³-hybridized carbons (Fsp3) is 0.167. The van der Waals surface area contributed by atoms with Gasteiger partial charge in [-0.2, -0.15) is 4.31 Å². The molecule has 20 heavy (non-hydrogen) atoms. The van der Waals surface area contributed by atoms with Gasteiger partial charge in [-0.3, -0.25) is 4.98 Å². The summed E-state index contributed by atoms with van der Waals surface area (Å²) in [5, 5.41) is 0. The molecule has 0 radical (unpaired) electrons. The first kappa shape index (κ1) is 14.6. The van der Waals surface area contributed by atoms with Gasteiger partial charge in [-0.15, -0.1) is 0 Å². The van der Waals surface area contributed by atoms with Gasteiger partial charge in [0.15, 0.2) is 0 Å². The van der Waals surface area contributed by atoms with E-state index in [2.05, 4.69) is 4.98 Å². The number of pyridine rings is 1. The van der Waals surface area contributed by atoms with Crippen molar-refractivity contribution in [3.63, 3.8) is 0 Å². The van der Waals surface area contributed by atoms with Crippen LogP contribution in [0.1, 0.15) is 11.3 Å². The molecule has 2 heterocycles. The molecule has 106 valence electrons. The Bertz CT molecular complexity index is 711. The smallest absolute Gasteiger partial charge is 0.245 e. The molecule has 0 spiro atoms. The van der Waals surface area contributed by atoms with Crippen molar-refractivity contribution in [1.29, 1.82) is 0 Å². The van der Waals surface area contributed by atoms with Crippen molar-refractivity contribution >= 4 is 27.2 Å². The highest BCUT2D eigenvalue weighted by Crippen LogP contribution is 2.19. The molecule has 0 unspecified atom stereocenters. The Morgan fingerprint density at radius 2 is 2.25 bits per heavy atom. The van der Waals surface area contributed by atoms with Gasteiger partial charge in [-0.25, -0.2) is 8.42 Å². The van der Waals surface area contributed by atoms with E-state index in [1.807, 2.05) is 0 Å². The molecule has 2 aromatic heterocycles. The summed E-state index contributed by atoms with van der Waals surface area (Å²) in [5.41, 5.74) is 6.36. The van der Waals surface area contributed by atoms with E-state index in [1.54, 1.807) is 6.07 Å². The molecule has 0 saturated carbocycles. The van der Waals surface area contributed by atoms with E-state index in [0.29, 0.717) is 0 Å². The normalized spacial score (nSPS) is 11.7. The zero-order chi connectivity index (χ0) is 14.8. The highest BCUT2D eigenvalue weighted by molar-refractivity contribution is 7.89. The molecule has 0 aromatic carbocycles. The van der Waals surface area contributed by atoms with Crippen LogP contribution in [0, 0.1) is 0 Å². The Balaban J connectivity index is 2.37. The van der Waals surface area contributed by atoms with Gasteiger partial charge in [0.05, 0.1) is 12.5 Å². The first-order chi connectivity index (χ1) is 9.43. The van der Waals surface area contributed by atoms with Gasteiger partial charge >= 0.3 is 0 Å². The number of hydrogen-bond acceptors (Lipinski definition) is 5. The van der Waals surface area contributed by atoms with Crippen LogP contribution in [-0.2, 0) is 16.6 Å². The van der Waals surface area contributed by atoms with Gasteiger partial charge in [-0.05, 0) is 18.2 Å². The van der Waals surface area contributed by atoms with Crippen LogP contribution >= 0.6 is 12.2 Å². The van der Waals surface area contributed by atoms with Crippen molar-refractivity contribution in [3.8, 4) is 0 Å². The van der Waals surface area contributed by atoms with Crippen molar-refractivity contribution in [2.45, 2.75) is 11.4 Å². The third-order valence-electron chi connectivity index (χ3n) is 2.68. The number of thiocarbonyl (C=S) groups is 1. The van der Waals surface area contributed by atoms with Gasteiger partial charge in [0.25, 0.3) is 0 Å². The second kappa shape index (κ2) is 5.70. The molecule has 6 nitrogen and oxygen atoms in total. The summed E-state index contributed by atoms with van der Waals surface area (Å²) >= 11 is 4.84. The van der Waals surface area contributed by atoms with Gasteiger partial charge in [-0.1, -0.05) is 12.2 Å². The van der Waals surface area contributed by atoms with E-state index in [1.165, 1.54) is 42.2 Å². The molecular formula is C12H13N3O3S2. The van der Waals surface area contributed by atoms with Crippen molar-refractivity contribution in [2.75, 3.05) is 7.05 Å². The van der Waals surface area contributed by atoms with E-state index < -0.39 is 10.0 Å². The summed E-state index contributed by atoms with van der Waals surface area (Å²) in [6, 6.07) is 4.66. The molecule has 2 aromatic rings. The first-order valence-corrected chi connectivity index (χ1v) is 7.50. The lowest BCUT2D eigenvalue weighted by Gasteiger charge is -2.17. The first-order valence-electron chi connectivity index (χ1n) is 5.65. The molecule has 0 aliphatic heterocycles. The van der Waals surface area contributed by atoms with Crippen LogP contribution in [0.2, 0.25) is 0 Å². The maximum absolute atomic E-state index is 12.5. The van der Waals surface area contributed by atoms with E-state index in [4.69, 9.17) is 22.4 Å². The lowest BCUT2D eigenvalue weighted by atomic mass is 10.3. The van der Waals surface area contributed by atoms with Crippen LogP contribution in [-0.4, -0.2) is 29.7 Å². The number of nitrogens with zero attached hydrogens (tertiary/aromatic N) is 2. The number of nitrogens with two attached hydrogens (primary N) is 1. The molecular weight excluding hydrogens is 298 g/mol. The van der Waals surface area contributed by atoms with E-state index >= 15 is 0 Å². The lowest BCUT2D eigenvalue weighted by Crippen LogP contribution is -2.29. The molecule has 0 bridgehead atoms. The summed E-state index contributed by atoms with van der Waals surface area (Å²) in [6.07, 6.45) is 4.42. The van der Waals surface area contributed by atoms with Crippen molar-refractivity contribution < 1.29 is 12.8 Å². The summed E-state index contributed by atoms with van der Waals surface area (Å²) in [4.78, 5) is 3.88. The molecule has 0 atom stereocenters. The standard InChI is InChI=1S/C12H13N3O3S2/c1-15(7-9-4-6-18-8-9)20(16,17)10-3-2-5-14-11(10)12(13)19/h2-6,8H,7H2,1H3,(H2,13,19). The lowest BCUT2D eigenvalue weighted by molar-refractivity contribution is 0.463. The SMILES string of the molecule is CN(Cc1ccoc1)S(=O)(=O)c1cccnc1C(N)=S. The maximum Gasteiger partial charge on any atom is 0.245 e. The molecule has 8 heteroatoms. The summed E-state index contributed by atoms with van der Waals surface area (Å²) < 4.78 is 31.2. The van der Waals surface area contributed by atoms with Crippen molar-refractivity contribution in [2.24, 2.45) is 5.73 Å². The molecule has 0 aliphatic rings. The molecule has 0 amide bonds. The zero-order valence-corrected chi connectivity index (χ0v) is 12.3. The number of sulfonamides is 1. The third kappa shape index (κ3) is 2.87. The van der Waals surface area contributed by atoms with Gasteiger partial charge in [0.2, 0.25) is 10.0 Å². The Morgan fingerprint density at radius 1 is 1.50 bits per heavy atom. The second-order valence-corrected chi connectivity index (χ2v) is 6.56. The van der Waals surface area contributed by atoms with Crippen LogP contribution in [0.4, 0.5) is 0 Å². The molecule has 0 saturated heterocycles. The second-order valence-electron chi connectivity index (χ2n) is 4.11. The third-order valence-corrected chi connectivity index (χ3v) is 4.71. The van der Waals surface area contributed by atoms with Crippen molar-refractivity contribution in [3.05, 3.63) is 48.2 Å². The van der Waals surface area contributed by atoms with Crippen LogP contribution < -0.4 is 5.73 Å². The quantitative estimate of drug-likeness (QED) is 0.833. The van der Waals surface area contributed by atoms with Gasteiger partial charge in [0, 0.05) is 25.4 Å². The fourth-order valence-corrected chi connectivity index (χ4v) is 3.22. The minimum Gasteiger partial charge on any atom is -0.472 e. The minimum atomic E-state index is -3.73. The molecule has 0 fully saturated rings. The fourth-order valence-electron chi connectivity index (χ4n) is 1.68. The van der Waals surface area contributed by atoms with E-state index in [-0.39, 0.29) is 22.1 Å². The predicted octanol–water partition coefficient (Wildman–Crippen LogP) is 1.13. The predicted molar refractivity (Wildman–Crippen MR) is 77.5 cm³/mol. The Kier molecular flexibility index (Phi) is 4.17. The topological polar surface area (TPSA) is 89.4 Å². The van der Waals surface area contributed by atoms with E-state index in [9.17, 15) is 8.42 Å². The molecule has 0 aliphatic carbocycles. The van der Waals surface area contributed by atoms with Gasteiger partial charge in [0.1, 0.15) is 15.6 Å². The minimum absolute atomic E-state index is 0.00139. The van der Waals surface area contributed by atoms with E-state index in [0.717, 1.165) is 5.56 Å². The van der Waals surface area contributed by atoms with Crippen LogP contribution in [0.25, 0.3) is 0 Å². The highest BCUT2D eigenvalue weighted by atomic mass is 32.2. The van der Waals surface area contributed by atoms with Crippen LogP contribution in [0.15, 0.2) is 46.2 Å². The monoisotopic (exact) mass is 311 g/mol. The highest BCUT2D eigenvalue weighted by Gasteiger charge is 2.25. The average Bonchev–Trinajstić information content (AvgIpc) is 2.91. The zero-order valence-electron chi connectivity index (χ0n) is 10.7. The Morgan fingerprint density at radius 3 is 2.85 bits per heavy atom. The molecule has 2 rings (SSSR count). The Hall–Kier alpha value is -1.77. The van der Waals surface area contributed by atoms with Crippen LogP contribution in [0.5, 0.6) is 0 Å². The number of furan rings is 1. The van der Waals surface area contributed by atoms with Crippen molar-refractivity contribution in [1.82, 2.24) is 9.29 Å². The van der Waals surface area contributed by atoms with Gasteiger partial charge < -0.3 is 10.2 Å². The number of aromatic nitrogens is 1. The summed E-state index contributed by atoms with van der Waals surface area (Å²) in [6.45, 7) is 0.185. The summed E-state index contributed by atoms with van der Waals surface area (Å²) in [5.74, 6) is 0.